The third-order valence-corrected chi connectivity index (χ3v) is 6.92. The van der Waals surface area contributed by atoms with Gasteiger partial charge in [0.1, 0.15) is 0 Å². The molecule has 5 aromatic rings. The molecule has 0 bridgehead atoms. The predicted molar refractivity (Wildman–Crippen MR) is 126 cm³/mol. The monoisotopic (exact) mass is 373 g/mol. The van der Waals surface area contributed by atoms with Crippen LogP contribution in [-0.2, 0) is 5.41 Å². The maximum Gasteiger partial charge on any atom is 0.0471 e. The fourth-order valence-electron chi connectivity index (χ4n) is 5.62. The lowest BCUT2D eigenvalue weighted by molar-refractivity contribution is 0.661. The molecule has 1 aromatic heterocycles. The van der Waals surface area contributed by atoms with Gasteiger partial charge in [-0.25, -0.2) is 0 Å². The molecule has 1 nitrogen and oxygen atoms in total. The average molecular weight is 373 g/mol. The number of H-pyrrole nitrogens is 1. The third-order valence-electron chi connectivity index (χ3n) is 6.92. The van der Waals surface area contributed by atoms with Crippen LogP contribution in [-0.4, -0.2) is 4.98 Å². The highest BCUT2D eigenvalue weighted by atomic mass is 14.7. The van der Waals surface area contributed by atoms with Crippen LogP contribution in [0.4, 0.5) is 0 Å². The molecule has 4 aromatic carbocycles. The minimum absolute atomic E-state index is 0.00260. The molecule has 0 unspecified atom stereocenters. The van der Waals surface area contributed by atoms with Crippen molar-refractivity contribution in [3.05, 3.63) is 83.2 Å². The molecule has 0 fully saturated rings. The minimum atomic E-state index is -0.00260. The van der Waals surface area contributed by atoms with Crippen LogP contribution in [0, 0.1) is 0 Å². The smallest absolute Gasteiger partial charge is 0.0471 e. The number of fused-ring (bicyclic) bond motifs is 6. The van der Waals surface area contributed by atoms with E-state index in [2.05, 4.69) is 99.1 Å². The van der Waals surface area contributed by atoms with Crippen molar-refractivity contribution in [1.29, 1.82) is 0 Å². The van der Waals surface area contributed by atoms with Crippen LogP contribution in [0.15, 0.2) is 61.2 Å². The first-order chi connectivity index (χ1) is 14.1. The Morgan fingerprint density at radius 1 is 0.828 bits per heavy atom. The average Bonchev–Trinajstić information content (AvgIpc) is 3.23. The molecule has 1 heteroatoms. The molecule has 0 atom stereocenters. The van der Waals surface area contributed by atoms with Crippen molar-refractivity contribution in [3.8, 4) is 11.1 Å². The standard InChI is InChI=1S/C28H23N/c1-5-16-24-18(17-11-9-13-23-27(17)26(16)22(6-2)29-23)14-15-21-25(24)19-10-7-8-12-20(19)28(21,3)4/h5-15,29H,1H2,2-4H3/b22-6+. The second-order valence-corrected chi connectivity index (χ2v) is 8.63. The molecule has 1 aliphatic rings. The Labute approximate surface area is 170 Å². The van der Waals surface area contributed by atoms with E-state index in [1.165, 1.54) is 65.6 Å². The number of aromatic nitrogens is 1. The van der Waals surface area contributed by atoms with Gasteiger partial charge in [0.25, 0.3) is 0 Å². The SMILES string of the molecule is C=Cc1c2c3c(ccc2c2cccc4[nH]/c(=C/C)c1c42)C(C)(C)c1ccccc1-3. The van der Waals surface area contributed by atoms with Gasteiger partial charge in [-0.1, -0.05) is 81.1 Å². The van der Waals surface area contributed by atoms with Crippen LogP contribution in [0.5, 0.6) is 0 Å². The van der Waals surface area contributed by atoms with E-state index < -0.39 is 0 Å². The van der Waals surface area contributed by atoms with Crippen molar-refractivity contribution in [2.24, 2.45) is 0 Å². The zero-order valence-electron chi connectivity index (χ0n) is 17.1. The first-order valence-electron chi connectivity index (χ1n) is 10.3. The molecule has 0 saturated heterocycles. The Hall–Kier alpha value is -3.32. The Kier molecular flexibility index (Phi) is 3.09. The topological polar surface area (TPSA) is 15.8 Å². The van der Waals surface area contributed by atoms with Crippen molar-refractivity contribution in [2.45, 2.75) is 26.2 Å². The summed E-state index contributed by atoms with van der Waals surface area (Å²) in [6.07, 6.45) is 4.23. The van der Waals surface area contributed by atoms with E-state index >= 15 is 0 Å². The van der Waals surface area contributed by atoms with Crippen LogP contribution in [0.25, 0.3) is 55.7 Å². The van der Waals surface area contributed by atoms with Crippen molar-refractivity contribution in [3.63, 3.8) is 0 Å². The van der Waals surface area contributed by atoms with Gasteiger partial charge in [0.05, 0.1) is 0 Å². The van der Waals surface area contributed by atoms with Gasteiger partial charge in [-0.2, -0.15) is 0 Å². The molecule has 29 heavy (non-hydrogen) atoms. The molecule has 0 aliphatic heterocycles. The first kappa shape index (κ1) is 16.6. The number of hydrogen-bond donors (Lipinski definition) is 1. The summed E-state index contributed by atoms with van der Waals surface area (Å²) >= 11 is 0. The quantitative estimate of drug-likeness (QED) is 0.306. The second kappa shape index (κ2) is 5.39. The summed E-state index contributed by atoms with van der Waals surface area (Å²) < 4.78 is 0. The molecule has 0 radical (unpaired) electrons. The zero-order valence-corrected chi connectivity index (χ0v) is 17.1. The number of aromatic amines is 1. The lowest BCUT2D eigenvalue weighted by Gasteiger charge is -2.22. The summed E-state index contributed by atoms with van der Waals surface area (Å²) in [5.41, 5.74) is 7.98. The summed E-state index contributed by atoms with van der Waals surface area (Å²) in [6, 6.07) is 20.1. The summed E-state index contributed by atoms with van der Waals surface area (Å²) in [6.45, 7) is 11.0. The molecule has 1 heterocycles. The fourth-order valence-corrected chi connectivity index (χ4v) is 5.62. The lowest BCUT2D eigenvalue weighted by atomic mass is 9.81. The molecule has 6 rings (SSSR count). The molecular weight excluding hydrogens is 350 g/mol. The van der Waals surface area contributed by atoms with Crippen LogP contribution >= 0.6 is 0 Å². The molecule has 140 valence electrons. The summed E-state index contributed by atoms with van der Waals surface area (Å²) in [5, 5.41) is 7.73. The molecule has 1 N–H and O–H groups in total. The van der Waals surface area contributed by atoms with E-state index in [-0.39, 0.29) is 5.41 Å². The van der Waals surface area contributed by atoms with Crippen molar-refractivity contribution in [2.75, 3.05) is 0 Å². The minimum Gasteiger partial charge on any atom is -0.355 e. The van der Waals surface area contributed by atoms with E-state index in [1.807, 2.05) is 0 Å². The van der Waals surface area contributed by atoms with Crippen LogP contribution < -0.4 is 5.35 Å². The maximum atomic E-state index is 4.25. The van der Waals surface area contributed by atoms with Crippen molar-refractivity contribution >= 4 is 44.6 Å². The first-order valence-corrected chi connectivity index (χ1v) is 10.3. The van der Waals surface area contributed by atoms with Gasteiger partial charge < -0.3 is 4.98 Å². The largest absolute Gasteiger partial charge is 0.355 e. The van der Waals surface area contributed by atoms with Gasteiger partial charge in [-0.05, 0) is 57.0 Å². The summed E-state index contributed by atoms with van der Waals surface area (Å²) in [5.74, 6) is 0. The normalized spacial score (nSPS) is 15.3. The predicted octanol–water partition coefficient (Wildman–Crippen LogP) is 6.94. The van der Waals surface area contributed by atoms with E-state index in [0.717, 1.165) is 0 Å². The van der Waals surface area contributed by atoms with E-state index in [4.69, 9.17) is 0 Å². The van der Waals surface area contributed by atoms with Gasteiger partial charge >= 0.3 is 0 Å². The van der Waals surface area contributed by atoms with Gasteiger partial charge in [0.15, 0.2) is 0 Å². The summed E-state index contributed by atoms with van der Waals surface area (Å²) in [7, 11) is 0. The number of rotatable bonds is 1. The van der Waals surface area contributed by atoms with Gasteiger partial charge in [-0.15, -0.1) is 0 Å². The fraction of sp³-hybridized carbons (Fsp3) is 0.143. The van der Waals surface area contributed by atoms with E-state index in [1.54, 1.807) is 0 Å². The zero-order chi connectivity index (χ0) is 19.9. The van der Waals surface area contributed by atoms with Gasteiger partial charge in [-0.3, -0.25) is 0 Å². The number of benzene rings is 4. The Morgan fingerprint density at radius 2 is 1.62 bits per heavy atom. The highest BCUT2D eigenvalue weighted by Crippen LogP contribution is 2.53. The summed E-state index contributed by atoms with van der Waals surface area (Å²) in [4.78, 5) is 3.62. The molecule has 0 spiro atoms. The highest BCUT2D eigenvalue weighted by Gasteiger charge is 2.36. The van der Waals surface area contributed by atoms with Gasteiger partial charge in [0.2, 0.25) is 0 Å². The van der Waals surface area contributed by atoms with Crippen molar-refractivity contribution < 1.29 is 0 Å². The highest BCUT2D eigenvalue weighted by molar-refractivity contribution is 6.27. The molecule has 0 saturated carbocycles. The number of nitrogens with one attached hydrogen (secondary N) is 1. The van der Waals surface area contributed by atoms with Crippen LogP contribution in [0.2, 0.25) is 0 Å². The second-order valence-electron chi connectivity index (χ2n) is 8.63. The molecular formula is C28H23N. The Bertz CT molecular complexity index is 1540. The van der Waals surface area contributed by atoms with E-state index in [9.17, 15) is 0 Å². The number of hydrogen-bond acceptors (Lipinski definition) is 0. The van der Waals surface area contributed by atoms with Gasteiger partial charge in [0, 0.05) is 27.1 Å². The van der Waals surface area contributed by atoms with Crippen molar-refractivity contribution in [1.82, 2.24) is 4.98 Å². The van der Waals surface area contributed by atoms with Crippen LogP contribution in [0.1, 0.15) is 37.5 Å². The Morgan fingerprint density at radius 3 is 2.41 bits per heavy atom. The Balaban J connectivity index is 1.98. The molecule has 0 amide bonds. The third kappa shape index (κ3) is 1.86. The maximum absolute atomic E-state index is 4.25. The van der Waals surface area contributed by atoms with E-state index in [0.29, 0.717) is 0 Å². The lowest BCUT2D eigenvalue weighted by Crippen LogP contribution is -2.14. The molecule has 1 aliphatic carbocycles. The van der Waals surface area contributed by atoms with Crippen LogP contribution in [0.3, 0.4) is 0 Å².